The minimum atomic E-state index is -0.760. The molecule has 0 aromatic rings. The molecule has 0 aromatic carbocycles. The third-order valence-electron chi connectivity index (χ3n) is 11.7. The first kappa shape index (κ1) is 56.4. The van der Waals surface area contributed by atoms with Crippen LogP contribution in [0.4, 0.5) is 0 Å². The van der Waals surface area contributed by atoms with Gasteiger partial charge in [-0.25, -0.2) is 0 Å². The van der Waals surface area contributed by atoms with Crippen molar-refractivity contribution >= 4 is 17.9 Å². The molecule has 0 heterocycles. The monoisotopic (exact) mass is 821 g/mol. The van der Waals surface area contributed by atoms with Crippen LogP contribution in [0, 0.1) is 11.8 Å². The molecule has 0 unspecified atom stereocenters. The molecular weight excluding hydrogens is 721 g/mol. The van der Waals surface area contributed by atoms with Gasteiger partial charge in [-0.05, 0) is 31.1 Å². The van der Waals surface area contributed by atoms with Crippen molar-refractivity contribution in [2.45, 2.75) is 291 Å². The van der Waals surface area contributed by atoms with Gasteiger partial charge in [0.1, 0.15) is 13.2 Å². The average Bonchev–Trinajstić information content (AvgIpc) is 3.19. The summed E-state index contributed by atoms with van der Waals surface area (Å²) in [5.74, 6) is 0.810. The fourth-order valence-corrected chi connectivity index (χ4v) is 7.81. The van der Waals surface area contributed by atoms with Gasteiger partial charge >= 0.3 is 17.9 Å². The van der Waals surface area contributed by atoms with Gasteiger partial charge in [0.15, 0.2) is 6.10 Å². The van der Waals surface area contributed by atoms with E-state index in [1.165, 1.54) is 173 Å². The van der Waals surface area contributed by atoms with Gasteiger partial charge in [-0.15, -0.1) is 0 Å². The lowest BCUT2D eigenvalue weighted by atomic mass is 10.0. The average molecular weight is 821 g/mol. The molecule has 6 heteroatoms. The predicted octanol–water partition coefficient (Wildman–Crippen LogP) is 16.5. The van der Waals surface area contributed by atoms with E-state index in [2.05, 4.69) is 34.6 Å². The summed E-state index contributed by atoms with van der Waals surface area (Å²) in [6, 6.07) is 0. The highest BCUT2D eigenvalue weighted by Crippen LogP contribution is 2.17. The Kier molecular flexibility index (Phi) is 43.7. The summed E-state index contributed by atoms with van der Waals surface area (Å²) in [6.45, 7) is 11.3. The van der Waals surface area contributed by atoms with Crippen LogP contribution in [0.15, 0.2) is 0 Å². The largest absolute Gasteiger partial charge is 0.462 e. The highest BCUT2D eigenvalue weighted by molar-refractivity contribution is 5.71. The summed E-state index contributed by atoms with van der Waals surface area (Å²) in [4.78, 5) is 37.7. The van der Waals surface area contributed by atoms with Crippen LogP contribution in [0.3, 0.4) is 0 Å². The molecule has 344 valence electrons. The Bertz CT molecular complexity index is 885. The maximum Gasteiger partial charge on any atom is 0.306 e. The number of esters is 3. The molecule has 6 nitrogen and oxygen atoms in total. The summed E-state index contributed by atoms with van der Waals surface area (Å²) in [6.07, 6.45) is 45.4. The van der Waals surface area contributed by atoms with Gasteiger partial charge < -0.3 is 14.2 Å². The molecule has 0 saturated carbocycles. The van der Waals surface area contributed by atoms with E-state index in [1.807, 2.05) is 0 Å². The first-order chi connectivity index (χ1) is 28.2. The number of hydrogen-bond donors (Lipinski definition) is 0. The second-order valence-corrected chi connectivity index (χ2v) is 18.8. The standard InChI is InChI=1S/C52H100O6/c1-6-7-8-9-25-32-37-42-50(53)56-45-49(46-57-51(54)43-38-33-28-24-20-22-27-31-36-41-48(4)5)58-52(55)44-39-34-29-23-19-17-15-13-11-10-12-14-16-18-21-26-30-35-40-47(2)3/h47-49H,6-46H2,1-5H3/t49-/m0/s1. The zero-order chi connectivity index (χ0) is 42.6. The van der Waals surface area contributed by atoms with Crippen LogP contribution in [0.2, 0.25) is 0 Å². The highest BCUT2D eigenvalue weighted by Gasteiger charge is 2.19. The summed E-state index contributed by atoms with van der Waals surface area (Å²) in [7, 11) is 0. The molecule has 0 aliphatic rings. The summed E-state index contributed by atoms with van der Waals surface area (Å²) < 4.78 is 16.7. The van der Waals surface area contributed by atoms with Crippen LogP contribution >= 0.6 is 0 Å². The molecule has 0 spiro atoms. The van der Waals surface area contributed by atoms with Crippen molar-refractivity contribution in [2.75, 3.05) is 13.2 Å². The van der Waals surface area contributed by atoms with Crippen LogP contribution in [0.5, 0.6) is 0 Å². The molecule has 0 fully saturated rings. The number of unbranched alkanes of at least 4 members (excludes halogenated alkanes) is 31. The SMILES string of the molecule is CCCCCCCCCC(=O)OC[C@@H](COC(=O)CCCCCCCCCCCC(C)C)OC(=O)CCCCCCCCCCCCCCCCCCCCC(C)C. The van der Waals surface area contributed by atoms with Crippen LogP contribution in [0.1, 0.15) is 285 Å². The van der Waals surface area contributed by atoms with E-state index in [-0.39, 0.29) is 31.1 Å². The second kappa shape index (κ2) is 44.9. The van der Waals surface area contributed by atoms with Crippen LogP contribution in [-0.4, -0.2) is 37.2 Å². The lowest BCUT2D eigenvalue weighted by Crippen LogP contribution is -2.30. The molecule has 1 atom stereocenters. The summed E-state index contributed by atoms with van der Waals surface area (Å²) in [5.41, 5.74) is 0. The number of rotatable bonds is 46. The molecular formula is C52H100O6. The van der Waals surface area contributed by atoms with E-state index in [0.29, 0.717) is 19.3 Å². The highest BCUT2D eigenvalue weighted by atomic mass is 16.6. The maximum absolute atomic E-state index is 12.8. The molecule has 58 heavy (non-hydrogen) atoms. The Hall–Kier alpha value is -1.59. The Labute approximate surface area is 361 Å². The van der Waals surface area contributed by atoms with Crippen molar-refractivity contribution in [3.63, 3.8) is 0 Å². The summed E-state index contributed by atoms with van der Waals surface area (Å²) in [5, 5.41) is 0. The Morgan fingerprint density at radius 2 is 0.569 bits per heavy atom. The number of hydrogen-bond acceptors (Lipinski definition) is 6. The van der Waals surface area contributed by atoms with Crippen LogP contribution < -0.4 is 0 Å². The Morgan fingerprint density at radius 1 is 0.328 bits per heavy atom. The fourth-order valence-electron chi connectivity index (χ4n) is 7.81. The van der Waals surface area contributed by atoms with Crippen molar-refractivity contribution in [1.29, 1.82) is 0 Å². The zero-order valence-electron chi connectivity index (χ0n) is 39.7. The molecule has 0 amide bonds. The van der Waals surface area contributed by atoms with Crippen LogP contribution in [-0.2, 0) is 28.6 Å². The number of carbonyl (C=O) groups is 3. The molecule has 0 aromatic heterocycles. The van der Waals surface area contributed by atoms with Crippen molar-refractivity contribution in [1.82, 2.24) is 0 Å². The summed E-state index contributed by atoms with van der Waals surface area (Å²) >= 11 is 0. The number of carbonyl (C=O) groups excluding carboxylic acids is 3. The van der Waals surface area contributed by atoms with Gasteiger partial charge in [0, 0.05) is 19.3 Å². The van der Waals surface area contributed by atoms with E-state index >= 15 is 0 Å². The quantitative estimate of drug-likeness (QED) is 0.0346. The second-order valence-electron chi connectivity index (χ2n) is 18.8. The van der Waals surface area contributed by atoms with Crippen molar-refractivity contribution in [3.05, 3.63) is 0 Å². The number of ether oxygens (including phenoxy) is 3. The molecule has 0 aliphatic heterocycles. The fraction of sp³-hybridized carbons (Fsp3) is 0.942. The first-order valence-electron chi connectivity index (χ1n) is 25.7. The van der Waals surface area contributed by atoms with E-state index < -0.39 is 6.10 Å². The van der Waals surface area contributed by atoms with Gasteiger partial charge in [-0.1, -0.05) is 247 Å². The lowest BCUT2D eigenvalue weighted by Gasteiger charge is -2.18. The van der Waals surface area contributed by atoms with E-state index in [9.17, 15) is 14.4 Å². The van der Waals surface area contributed by atoms with Crippen molar-refractivity contribution < 1.29 is 28.6 Å². The van der Waals surface area contributed by atoms with Gasteiger partial charge in [0.05, 0.1) is 0 Å². The maximum atomic E-state index is 12.8. The Morgan fingerprint density at radius 3 is 0.845 bits per heavy atom. The molecule has 0 rings (SSSR count). The third kappa shape index (κ3) is 45.5. The van der Waals surface area contributed by atoms with Crippen molar-refractivity contribution in [3.8, 4) is 0 Å². The molecule has 0 saturated heterocycles. The Balaban J connectivity index is 4.15. The molecule has 0 aliphatic carbocycles. The van der Waals surface area contributed by atoms with Crippen molar-refractivity contribution in [2.24, 2.45) is 11.8 Å². The van der Waals surface area contributed by atoms with Crippen LogP contribution in [0.25, 0.3) is 0 Å². The van der Waals surface area contributed by atoms with E-state index in [1.54, 1.807) is 0 Å². The smallest absolute Gasteiger partial charge is 0.306 e. The first-order valence-corrected chi connectivity index (χ1v) is 25.7. The minimum absolute atomic E-state index is 0.0646. The minimum Gasteiger partial charge on any atom is -0.462 e. The van der Waals surface area contributed by atoms with Gasteiger partial charge in [-0.2, -0.15) is 0 Å². The zero-order valence-corrected chi connectivity index (χ0v) is 39.7. The van der Waals surface area contributed by atoms with Gasteiger partial charge in [-0.3, -0.25) is 14.4 Å². The normalized spacial score (nSPS) is 12.1. The molecule has 0 bridgehead atoms. The predicted molar refractivity (Wildman–Crippen MR) is 247 cm³/mol. The van der Waals surface area contributed by atoms with Gasteiger partial charge in [0.25, 0.3) is 0 Å². The lowest BCUT2D eigenvalue weighted by molar-refractivity contribution is -0.167. The molecule has 0 radical (unpaired) electrons. The topological polar surface area (TPSA) is 78.9 Å². The molecule has 0 N–H and O–H groups in total. The van der Waals surface area contributed by atoms with E-state index in [4.69, 9.17) is 14.2 Å². The third-order valence-corrected chi connectivity index (χ3v) is 11.7. The van der Waals surface area contributed by atoms with E-state index in [0.717, 1.165) is 69.6 Å². The van der Waals surface area contributed by atoms with Gasteiger partial charge in [0.2, 0.25) is 0 Å².